The van der Waals surface area contributed by atoms with Gasteiger partial charge >= 0.3 is 0 Å². The van der Waals surface area contributed by atoms with Crippen molar-refractivity contribution in [3.05, 3.63) is 71.8 Å². The van der Waals surface area contributed by atoms with E-state index in [-0.39, 0.29) is 18.7 Å². The lowest BCUT2D eigenvalue weighted by atomic mass is 10.00. The lowest BCUT2D eigenvalue weighted by Crippen LogP contribution is -2.36. The minimum atomic E-state index is -0.0578. The van der Waals surface area contributed by atoms with Gasteiger partial charge in [0.2, 0.25) is 12.7 Å². The molecule has 3 aromatic carbocycles. The Hall–Kier alpha value is -3.05. The van der Waals surface area contributed by atoms with Crippen molar-refractivity contribution in [2.75, 3.05) is 20.4 Å². The van der Waals surface area contributed by atoms with Crippen molar-refractivity contribution >= 4 is 16.7 Å². The van der Waals surface area contributed by atoms with Crippen LogP contribution in [-0.2, 0) is 11.3 Å². The highest BCUT2D eigenvalue weighted by molar-refractivity contribution is 5.87. The zero-order valence-corrected chi connectivity index (χ0v) is 16.1. The molecule has 1 aliphatic heterocycles. The Balaban J connectivity index is 1.37. The van der Waals surface area contributed by atoms with E-state index in [0.29, 0.717) is 13.1 Å². The van der Waals surface area contributed by atoms with Gasteiger partial charge in [0.1, 0.15) is 0 Å². The first-order valence-corrected chi connectivity index (χ1v) is 9.44. The third-order valence-electron chi connectivity index (χ3n) is 4.97. The number of hydrogen-bond acceptors (Lipinski definition) is 4. The quantitative estimate of drug-likeness (QED) is 0.709. The highest BCUT2D eigenvalue weighted by Gasteiger charge is 2.16. The van der Waals surface area contributed by atoms with Crippen LogP contribution in [0, 0.1) is 0 Å². The molecule has 0 saturated heterocycles. The van der Waals surface area contributed by atoms with Gasteiger partial charge in [-0.1, -0.05) is 48.5 Å². The maximum atomic E-state index is 12.6. The molecule has 5 nitrogen and oxygen atoms in total. The average Bonchev–Trinajstić information content (AvgIpc) is 3.15. The van der Waals surface area contributed by atoms with Crippen molar-refractivity contribution < 1.29 is 14.3 Å². The third-order valence-corrected chi connectivity index (χ3v) is 4.97. The van der Waals surface area contributed by atoms with Gasteiger partial charge in [0, 0.05) is 6.54 Å². The predicted octanol–water partition coefficient (Wildman–Crippen LogP) is 3.88. The van der Waals surface area contributed by atoms with E-state index in [9.17, 15) is 4.79 Å². The number of fused-ring (bicyclic) bond motifs is 2. The molecule has 1 heterocycles. The van der Waals surface area contributed by atoms with Crippen LogP contribution in [0.5, 0.6) is 11.5 Å². The van der Waals surface area contributed by atoms with Gasteiger partial charge in [-0.3, -0.25) is 9.69 Å². The van der Waals surface area contributed by atoms with Crippen LogP contribution in [0.15, 0.2) is 60.7 Å². The number of carbonyl (C=O) groups is 1. The van der Waals surface area contributed by atoms with E-state index in [1.807, 2.05) is 55.3 Å². The van der Waals surface area contributed by atoms with Gasteiger partial charge in [0.25, 0.3) is 0 Å². The van der Waals surface area contributed by atoms with E-state index in [4.69, 9.17) is 9.47 Å². The molecule has 0 radical (unpaired) electrons. The first-order valence-electron chi connectivity index (χ1n) is 9.44. The van der Waals surface area contributed by atoms with E-state index in [2.05, 4.69) is 29.6 Å². The molecule has 4 rings (SSSR count). The number of amides is 1. The number of carbonyl (C=O) groups excluding carboxylic acids is 1. The fourth-order valence-electron chi connectivity index (χ4n) is 3.64. The summed E-state index contributed by atoms with van der Waals surface area (Å²) in [5.74, 6) is 1.54. The summed E-state index contributed by atoms with van der Waals surface area (Å²) in [6.45, 7) is 3.27. The van der Waals surface area contributed by atoms with Crippen LogP contribution in [0.2, 0.25) is 0 Å². The number of benzene rings is 3. The predicted molar refractivity (Wildman–Crippen MR) is 109 cm³/mol. The van der Waals surface area contributed by atoms with Crippen LogP contribution in [0.1, 0.15) is 24.1 Å². The second-order valence-corrected chi connectivity index (χ2v) is 7.22. The maximum absolute atomic E-state index is 12.6. The summed E-state index contributed by atoms with van der Waals surface area (Å²) in [5, 5.41) is 5.48. The Kier molecular flexibility index (Phi) is 5.17. The topological polar surface area (TPSA) is 50.8 Å². The molecule has 5 heteroatoms. The Morgan fingerprint density at radius 2 is 1.86 bits per heavy atom. The van der Waals surface area contributed by atoms with Crippen LogP contribution in [0.3, 0.4) is 0 Å². The summed E-state index contributed by atoms with van der Waals surface area (Å²) in [6.07, 6.45) is 0. The lowest BCUT2D eigenvalue weighted by molar-refractivity contribution is -0.122. The van der Waals surface area contributed by atoms with Gasteiger partial charge in [-0.05, 0) is 48.0 Å². The van der Waals surface area contributed by atoms with Crippen molar-refractivity contribution in [3.63, 3.8) is 0 Å². The van der Waals surface area contributed by atoms with Gasteiger partial charge in [0.15, 0.2) is 11.5 Å². The van der Waals surface area contributed by atoms with E-state index in [0.717, 1.165) is 22.6 Å². The van der Waals surface area contributed by atoms with Crippen molar-refractivity contribution in [2.45, 2.75) is 19.5 Å². The highest BCUT2D eigenvalue weighted by Crippen LogP contribution is 2.32. The van der Waals surface area contributed by atoms with Crippen LogP contribution < -0.4 is 14.8 Å². The van der Waals surface area contributed by atoms with Gasteiger partial charge in [-0.2, -0.15) is 0 Å². The van der Waals surface area contributed by atoms with Crippen molar-refractivity contribution in [1.29, 1.82) is 0 Å². The summed E-state index contributed by atoms with van der Waals surface area (Å²) in [4.78, 5) is 14.5. The standard InChI is InChI=1S/C23H24N2O3/c1-16(19-9-5-7-18-6-3-4-8-20(18)19)24-23(26)14-25(2)13-17-10-11-21-22(12-17)28-15-27-21/h3-12,16H,13-15H2,1-2H3,(H,24,26)/t16-/m1/s1. The molecule has 144 valence electrons. The van der Waals surface area contributed by atoms with Crippen LogP contribution >= 0.6 is 0 Å². The number of ether oxygens (including phenoxy) is 2. The van der Waals surface area contributed by atoms with Crippen molar-refractivity contribution in [1.82, 2.24) is 10.2 Å². The van der Waals surface area contributed by atoms with Crippen LogP contribution in [0.25, 0.3) is 10.8 Å². The van der Waals surface area contributed by atoms with E-state index >= 15 is 0 Å². The second kappa shape index (κ2) is 7.90. The average molecular weight is 376 g/mol. The monoisotopic (exact) mass is 376 g/mol. The Bertz CT molecular complexity index is 997. The minimum absolute atomic E-state index is 0.00341. The van der Waals surface area contributed by atoms with Crippen LogP contribution in [0.4, 0.5) is 0 Å². The Labute approximate surface area is 164 Å². The Morgan fingerprint density at radius 1 is 1.07 bits per heavy atom. The molecule has 1 amide bonds. The Morgan fingerprint density at radius 3 is 2.75 bits per heavy atom. The molecule has 0 spiro atoms. The molecule has 0 aromatic heterocycles. The maximum Gasteiger partial charge on any atom is 0.234 e. The zero-order chi connectivity index (χ0) is 19.5. The fourth-order valence-corrected chi connectivity index (χ4v) is 3.64. The first-order chi connectivity index (χ1) is 13.6. The largest absolute Gasteiger partial charge is 0.454 e. The lowest BCUT2D eigenvalue weighted by Gasteiger charge is -2.20. The van der Waals surface area contributed by atoms with E-state index in [1.54, 1.807) is 0 Å². The number of nitrogens with zero attached hydrogens (tertiary/aromatic N) is 1. The van der Waals surface area contributed by atoms with Gasteiger partial charge in [-0.15, -0.1) is 0 Å². The normalized spacial score (nSPS) is 13.7. The van der Waals surface area contributed by atoms with Gasteiger partial charge < -0.3 is 14.8 Å². The molecule has 0 unspecified atom stereocenters. The first kappa shape index (κ1) is 18.3. The summed E-state index contributed by atoms with van der Waals surface area (Å²) in [5.41, 5.74) is 2.21. The molecule has 0 saturated carbocycles. The molecule has 0 fully saturated rings. The van der Waals surface area contributed by atoms with Gasteiger partial charge in [-0.25, -0.2) is 0 Å². The summed E-state index contributed by atoms with van der Waals surface area (Å²) < 4.78 is 10.8. The van der Waals surface area contributed by atoms with E-state index in [1.165, 1.54) is 10.8 Å². The number of likely N-dealkylation sites (N-methyl/N-ethyl adjacent to an activating group) is 1. The van der Waals surface area contributed by atoms with Crippen molar-refractivity contribution in [2.24, 2.45) is 0 Å². The summed E-state index contributed by atoms with van der Waals surface area (Å²) >= 11 is 0. The van der Waals surface area contributed by atoms with E-state index < -0.39 is 0 Å². The minimum Gasteiger partial charge on any atom is -0.454 e. The third kappa shape index (κ3) is 3.94. The molecule has 28 heavy (non-hydrogen) atoms. The molecule has 0 bridgehead atoms. The van der Waals surface area contributed by atoms with Crippen LogP contribution in [-0.4, -0.2) is 31.2 Å². The molecular weight excluding hydrogens is 352 g/mol. The SMILES string of the molecule is C[C@@H](NC(=O)CN(C)Cc1ccc2c(c1)OCO2)c1cccc2ccccc12. The smallest absolute Gasteiger partial charge is 0.234 e. The fraction of sp³-hybridized carbons (Fsp3) is 0.261. The van der Waals surface area contributed by atoms with Crippen molar-refractivity contribution in [3.8, 4) is 11.5 Å². The summed E-state index contributed by atoms with van der Waals surface area (Å²) in [6, 6.07) is 20.3. The zero-order valence-electron chi connectivity index (χ0n) is 16.1. The number of nitrogens with one attached hydrogen (secondary N) is 1. The summed E-state index contributed by atoms with van der Waals surface area (Å²) in [7, 11) is 1.94. The molecule has 1 atom stereocenters. The molecule has 0 aliphatic carbocycles. The molecule has 1 aliphatic rings. The molecular formula is C23H24N2O3. The highest BCUT2D eigenvalue weighted by atomic mass is 16.7. The molecule has 1 N–H and O–H groups in total. The second-order valence-electron chi connectivity index (χ2n) is 7.22. The number of rotatable bonds is 6. The number of hydrogen-bond donors (Lipinski definition) is 1. The van der Waals surface area contributed by atoms with Gasteiger partial charge in [0.05, 0.1) is 12.6 Å². The molecule has 3 aromatic rings.